The third-order valence-electron chi connectivity index (χ3n) is 2.22. The SMILES string of the molecule is O=COCCc1cc(=O)c2ccccc2o1. The van der Waals surface area contributed by atoms with Gasteiger partial charge in [0.2, 0.25) is 0 Å². The number of carbonyl (C=O) groups excluding carboxylic acids is 1. The second-order valence-electron chi connectivity index (χ2n) is 3.29. The van der Waals surface area contributed by atoms with Crippen LogP contribution in [0.3, 0.4) is 0 Å². The van der Waals surface area contributed by atoms with Crippen LogP contribution < -0.4 is 5.43 Å². The normalized spacial score (nSPS) is 10.2. The Labute approximate surface area is 91.4 Å². The molecule has 0 aliphatic rings. The number of benzene rings is 1. The molecule has 1 aromatic carbocycles. The van der Waals surface area contributed by atoms with Crippen molar-refractivity contribution in [3.8, 4) is 0 Å². The molecule has 1 heterocycles. The Hall–Kier alpha value is -2.10. The number of fused-ring (bicyclic) bond motifs is 1. The van der Waals surface area contributed by atoms with Crippen molar-refractivity contribution in [3.63, 3.8) is 0 Å². The van der Waals surface area contributed by atoms with Crippen LogP contribution >= 0.6 is 0 Å². The molecule has 0 aliphatic heterocycles. The van der Waals surface area contributed by atoms with E-state index in [4.69, 9.17) is 4.42 Å². The van der Waals surface area contributed by atoms with E-state index in [0.717, 1.165) is 0 Å². The number of hydrogen-bond donors (Lipinski definition) is 0. The fourth-order valence-corrected chi connectivity index (χ4v) is 1.48. The Balaban J connectivity index is 2.34. The highest BCUT2D eigenvalue weighted by atomic mass is 16.5. The van der Waals surface area contributed by atoms with Gasteiger partial charge in [0.05, 0.1) is 12.0 Å². The number of hydrogen-bond acceptors (Lipinski definition) is 4. The Morgan fingerprint density at radius 3 is 2.94 bits per heavy atom. The van der Waals surface area contributed by atoms with E-state index in [9.17, 15) is 9.59 Å². The van der Waals surface area contributed by atoms with Gasteiger partial charge in [-0.15, -0.1) is 0 Å². The van der Waals surface area contributed by atoms with Crippen LogP contribution in [0, 0.1) is 0 Å². The summed E-state index contributed by atoms with van der Waals surface area (Å²) in [6.45, 7) is 0.587. The standard InChI is InChI=1S/C12H10O4/c13-8-15-6-5-9-7-11(14)10-3-1-2-4-12(10)16-9/h1-4,7-8H,5-6H2. The first kappa shape index (κ1) is 10.4. The van der Waals surface area contributed by atoms with Crippen molar-refractivity contribution in [1.29, 1.82) is 0 Å². The summed E-state index contributed by atoms with van der Waals surface area (Å²) in [4.78, 5) is 21.6. The highest BCUT2D eigenvalue weighted by Crippen LogP contribution is 2.11. The van der Waals surface area contributed by atoms with Gasteiger partial charge >= 0.3 is 0 Å². The van der Waals surface area contributed by atoms with Gasteiger partial charge in [-0.3, -0.25) is 9.59 Å². The van der Waals surface area contributed by atoms with Gasteiger partial charge in [0.1, 0.15) is 11.3 Å². The van der Waals surface area contributed by atoms with E-state index in [1.807, 2.05) is 0 Å². The van der Waals surface area contributed by atoms with Crippen molar-refractivity contribution in [1.82, 2.24) is 0 Å². The molecule has 1 aromatic heterocycles. The molecule has 4 heteroatoms. The first-order chi connectivity index (χ1) is 7.81. The van der Waals surface area contributed by atoms with E-state index in [0.29, 0.717) is 29.6 Å². The molecule has 0 saturated heterocycles. The summed E-state index contributed by atoms with van der Waals surface area (Å²) >= 11 is 0. The minimum absolute atomic E-state index is 0.0806. The third-order valence-corrected chi connectivity index (χ3v) is 2.22. The maximum absolute atomic E-state index is 11.7. The van der Waals surface area contributed by atoms with Crippen LogP contribution in [0.1, 0.15) is 5.76 Å². The van der Waals surface area contributed by atoms with Crippen LogP contribution in [0.4, 0.5) is 0 Å². The molecular weight excluding hydrogens is 208 g/mol. The first-order valence-corrected chi connectivity index (χ1v) is 4.88. The summed E-state index contributed by atoms with van der Waals surface area (Å²) in [6, 6.07) is 8.47. The number of carbonyl (C=O) groups is 1. The molecule has 0 fully saturated rings. The minimum atomic E-state index is -0.0806. The molecule has 82 valence electrons. The summed E-state index contributed by atoms with van der Waals surface area (Å²) in [7, 11) is 0. The summed E-state index contributed by atoms with van der Waals surface area (Å²) < 4.78 is 10.0. The van der Waals surface area contributed by atoms with Crippen molar-refractivity contribution < 1.29 is 13.9 Å². The molecule has 0 amide bonds. The quantitative estimate of drug-likeness (QED) is 0.576. The molecule has 0 radical (unpaired) electrons. The summed E-state index contributed by atoms with van der Waals surface area (Å²) in [5.74, 6) is 0.519. The highest BCUT2D eigenvalue weighted by molar-refractivity contribution is 5.76. The van der Waals surface area contributed by atoms with Crippen molar-refractivity contribution >= 4 is 17.4 Å². The first-order valence-electron chi connectivity index (χ1n) is 4.88. The molecule has 16 heavy (non-hydrogen) atoms. The predicted octanol–water partition coefficient (Wildman–Crippen LogP) is 1.51. The Morgan fingerprint density at radius 2 is 2.12 bits per heavy atom. The molecule has 0 unspecified atom stereocenters. The van der Waals surface area contributed by atoms with Crippen LogP contribution in [-0.4, -0.2) is 13.1 Å². The molecule has 0 bridgehead atoms. The lowest BCUT2D eigenvalue weighted by atomic mass is 10.2. The van der Waals surface area contributed by atoms with Gasteiger partial charge in [-0.1, -0.05) is 12.1 Å². The van der Waals surface area contributed by atoms with E-state index in [1.54, 1.807) is 24.3 Å². The second kappa shape index (κ2) is 4.61. The largest absolute Gasteiger partial charge is 0.467 e. The molecule has 2 rings (SSSR count). The van der Waals surface area contributed by atoms with Crippen LogP contribution in [0.5, 0.6) is 0 Å². The molecule has 0 aliphatic carbocycles. The number of ether oxygens (including phenoxy) is 1. The average molecular weight is 218 g/mol. The lowest BCUT2D eigenvalue weighted by Gasteiger charge is -2.01. The lowest BCUT2D eigenvalue weighted by molar-refractivity contribution is -0.128. The van der Waals surface area contributed by atoms with E-state index in [-0.39, 0.29) is 12.0 Å². The zero-order chi connectivity index (χ0) is 11.4. The van der Waals surface area contributed by atoms with Gasteiger partial charge in [-0.05, 0) is 12.1 Å². The smallest absolute Gasteiger partial charge is 0.293 e. The van der Waals surface area contributed by atoms with Gasteiger partial charge in [0.15, 0.2) is 5.43 Å². The fraction of sp³-hybridized carbons (Fsp3) is 0.167. The van der Waals surface area contributed by atoms with Crippen LogP contribution in [0.25, 0.3) is 11.0 Å². The van der Waals surface area contributed by atoms with E-state index in [1.165, 1.54) is 6.07 Å². The van der Waals surface area contributed by atoms with E-state index < -0.39 is 0 Å². The Morgan fingerprint density at radius 1 is 1.31 bits per heavy atom. The van der Waals surface area contributed by atoms with Crippen LogP contribution in [0.2, 0.25) is 0 Å². The Kier molecular flexibility index (Phi) is 3.00. The average Bonchev–Trinajstić information content (AvgIpc) is 2.30. The molecule has 0 spiro atoms. The number of para-hydroxylation sites is 1. The van der Waals surface area contributed by atoms with Crippen molar-refractivity contribution in [2.24, 2.45) is 0 Å². The third kappa shape index (κ3) is 2.11. The monoisotopic (exact) mass is 218 g/mol. The lowest BCUT2D eigenvalue weighted by Crippen LogP contribution is -2.04. The van der Waals surface area contributed by atoms with E-state index >= 15 is 0 Å². The van der Waals surface area contributed by atoms with Crippen LogP contribution in [-0.2, 0) is 16.0 Å². The van der Waals surface area contributed by atoms with Crippen LogP contribution in [0.15, 0.2) is 39.5 Å². The molecule has 0 N–H and O–H groups in total. The fourth-order valence-electron chi connectivity index (χ4n) is 1.48. The molecular formula is C12H10O4. The predicted molar refractivity (Wildman–Crippen MR) is 58.2 cm³/mol. The van der Waals surface area contributed by atoms with Crippen molar-refractivity contribution in [2.75, 3.05) is 6.61 Å². The van der Waals surface area contributed by atoms with Gasteiger partial charge in [-0.25, -0.2) is 0 Å². The van der Waals surface area contributed by atoms with Gasteiger partial charge in [0.25, 0.3) is 6.47 Å². The summed E-state index contributed by atoms with van der Waals surface area (Å²) in [6.07, 6.45) is 0.402. The van der Waals surface area contributed by atoms with Crippen molar-refractivity contribution in [2.45, 2.75) is 6.42 Å². The van der Waals surface area contributed by atoms with Gasteiger partial charge in [0, 0.05) is 12.5 Å². The van der Waals surface area contributed by atoms with Crippen molar-refractivity contribution in [3.05, 3.63) is 46.3 Å². The van der Waals surface area contributed by atoms with E-state index in [2.05, 4.69) is 4.74 Å². The topological polar surface area (TPSA) is 56.5 Å². The Bertz CT molecular complexity index is 556. The molecule has 0 saturated carbocycles. The molecule has 0 atom stereocenters. The maximum Gasteiger partial charge on any atom is 0.293 e. The minimum Gasteiger partial charge on any atom is -0.467 e. The maximum atomic E-state index is 11.7. The van der Waals surface area contributed by atoms with Gasteiger partial charge < -0.3 is 9.15 Å². The summed E-state index contributed by atoms with van der Waals surface area (Å²) in [5.41, 5.74) is 0.471. The zero-order valence-electron chi connectivity index (χ0n) is 8.51. The summed E-state index contributed by atoms with van der Waals surface area (Å²) in [5, 5.41) is 0.558. The molecule has 2 aromatic rings. The number of rotatable bonds is 4. The molecule has 4 nitrogen and oxygen atoms in total. The highest BCUT2D eigenvalue weighted by Gasteiger charge is 2.03. The zero-order valence-corrected chi connectivity index (χ0v) is 8.51. The van der Waals surface area contributed by atoms with Gasteiger partial charge in [-0.2, -0.15) is 0 Å². The second-order valence-corrected chi connectivity index (χ2v) is 3.29.